The molecule has 0 bridgehead atoms. The summed E-state index contributed by atoms with van der Waals surface area (Å²) in [4.78, 5) is 66.9. The fourth-order valence-electron chi connectivity index (χ4n) is 2.12. The van der Waals surface area contributed by atoms with Gasteiger partial charge in [0.1, 0.15) is 11.5 Å². The van der Waals surface area contributed by atoms with Gasteiger partial charge in [-0.3, -0.25) is 39.4 Å². The maximum Gasteiger partial charge on any atom is 1.00 e. The van der Waals surface area contributed by atoms with Crippen LogP contribution in [0.3, 0.4) is 0 Å². The normalized spacial score (nSPS) is 16.8. The summed E-state index contributed by atoms with van der Waals surface area (Å²) in [6, 6.07) is 2.21. The Kier molecular flexibility index (Phi) is 5.66. The summed E-state index contributed by atoms with van der Waals surface area (Å²) in [5, 5.41) is 21.7. The summed E-state index contributed by atoms with van der Waals surface area (Å²) < 4.78 is 0. The second-order valence-electron chi connectivity index (χ2n) is 4.57. The first-order valence-corrected chi connectivity index (χ1v) is 6.02. The Labute approximate surface area is 156 Å². The number of imide groups is 1. The van der Waals surface area contributed by atoms with Crippen LogP contribution >= 0.6 is 0 Å². The van der Waals surface area contributed by atoms with Crippen LogP contribution in [-0.2, 0) is 19.2 Å². The van der Waals surface area contributed by atoms with Crippen LogP contribution in [0.15, 0.2) is 18.2 Å². The molecule has 0 aliphatic carbocycles. The molecule has 0 radical (unpaired) electrons. The number of rotatable bonds is 4. The van der Waals surface area contributed by atoms with Gasteiger partial charge in [-0.05, 0) is 13.0 Å². The van der Waals surface area contributed by atoms with Crippen molar-refractivity contribution in [2.75, 3.05) is 4.90 Å². The van der Waals surface area contributed by atoms with Gasteiger partial charge in [0, 0.05) is 6.07 Å². The molecule has 0 saturated carbocycles. The first kappa shape index (κ1) is 19.5. The number of anilines is 1. The van der Waals surface area contributed by atoms with Crippen molar-refractivity contribution >= 4 is 40.4 Å². The maximum absolute atomic E-state index is 12.1. The predicted molar refractivity (Wildman–Crippen MR) is 72.5 cm³/mol. The van der Waals surface area contributed by atoms with E-state index in [1.807, 2.05) is 0 Å². The molecular weight excluding hydrogens is 337 g/mol. The van der Waals surface area contributed by atoms with Gasteiger partial charge in [0.15, 0.2) is 5.92 Å². The van der Waals surface area contributed by atoms with Gasteiger partial charge in [0.05, 0.1) is 15.9 Å². The van der Waals surface area contributed by atoms with Crippen molar-refractivity contribution in [1.82, 2.24) is 0 Å². The van der Waals surface area contributed by atoms with E-state index >= 15 is 0 Å². The number of nitrogens with zero attached hydrogens (tertiary/aromatic N) is 3. The third-order valence-electron chi connectivity index (χ3n) is 3.16. The van der Waals surface area contributed by atoms with Gasteiger partial charge in [-0.25, -0.2) is 4.90 Å². The number of benzene rings is 1. The van der Waals surface area contributed by atoms with Crippen molar-refractivity contribution in [3.63, 3.8) is 0 Å². The van der Waals surface area contributed by atoms with Gasteiger partial charge in [0.2, 0.25) is 5.78 Å². The zero-order valence-electron chi connectivity index (χ0n) is 13.4. The Morgan fingerprint density at radius 1 is 1.17 bits per heavy atom. The quantitative estimate of drug-likeness (QED) is 0.142. The largest absolute Gasteiger partial charge is 1.00 e. The number of hydrogen-bond acceptors (Lipinski definition) is 8. The molecule has 2 amide bonds. The minimum Gasteiger partial charge on any atom is -1.00 e. The van der Waals surface area contributed by atoms with E-state index in [2.05, 4.69) is 0 Å². The summed E-state index contributed by atoms with van der Waals surface area (Å²) in [6.45, 7) is 0.932. The number of carbonyl (C=O) groups excluding carboxylic acids is 4. The molecule has 1 heterocycles. The van der Waals surface area contributed by atoms with E-state index < -0.39 is 56.2 Å². The minimum atomic E-state index is -1.85. The predicted octanol–water partition coefficient (Wildman–Crippen LogP) is -2.73. The zero-order chi connectivity index (χ0) is 17.5. The van der Waals surface area contributed by atoms with Crippen LogP contribution < -0.4 is 34.5 Å². The summed E-state index contributed by atoms with van der Waals surface area (Å²) in [5.74, 6) is -6.63. The Morgan fingerprint density at radius 2 is 1.75 bits per heavy atom. The zero-order valence-corrected chi connectivity index (χ0v) is 14.4. The van der Waals surface area contributed by atoms with Crippen LogP contribution in [0.2, 0.25) is 0 Å². The number of nitro groups is 2. The number of ketones is 2. The molecule has 1 aliphatic rings. The second-order valence-corrected chi connectivity index (χ2v) is 4.57. The Morgan fingerprint density at radius 3 is 2.17 bits per heavy atom. The number of hydrogen-bond donors (Lipinski definition) is 0. The van der Waals surface area contributed by atoms with E-state index in [0.717, 1.165) is 19.1 Å². The van der Waals surface area contributed by atoms with Gasteiger partial charge in [-0.1, -0.05) is 0 Å². The second kappa shape index (κ2) is 6.95. The molecule has 1 saturated heterocycles. The molecule has 0 N–H and O–H groups in total. The van der Waals surface area contributed by atoms with E-state index in [1.165, 1.54) is 0 Å². The van der Waals surface area contributed by atoms with Crippen molar-refractivity contribution in [2.24, 2.45) is 5.92 Å². The molecule has 120 valence electrons. The number of Topliss-reactive ketones (excluding diaryl/α,β-unsaturated/α-hetero) is 2. The fourth-order valence-corrected chi connectivity index (χ4v) is 2.12. The fraction of sp³-hybridized carbons (Fsp3) is 0.167. The van der Waals surface area contributed by atoms with Crippen molar-refractivity contribution in [3.8, 4) is 0 Å². The molecule has 0 spiro atoms. The molecule has 12 heteroatoms. The van der Waals surface area contributed by atoms with Gasteiger partial charge < -0.3 is 1.43 Å². The molecule has 24 heavy (non-hydrogen) atoms. The Balaban J connectivity index is 0.00000288. The molecule has 2 rings (SSSR count). The average molecular weight is 345 g/mol. The van der Waals surface area contributed by atoms with Gasteiger partial charge in [-0.2, -0.15) is 0 Å². The van der Waals surface area contributed by atoms with Crippen molar-refractivity contribution in [3.05, 3.63) is 38.4 Å². The third kappa shape index (κ3) is 3.09. The molecule has 1 unspecified atom stereocenters. The van der Waals surface area contributed by atoms with Gasteiger partial charge in [-0.15, -0.1) is 0 Å². The Hall–Kier alpha value is -2.50. The van der Waals surface area contributed by atoms with Gasteiger partial charge >= 0.3 is 35.5 Å². The first-order valence-electron chi connectivity index (χ1n) is 6.02. The van der Waals surface area contributed by atoms with Crippen molar-refractivity contribution in [1.29, 1.82) is 0 Å². The topological polar surface area (TPSA) is 158 Å². The molecule has 0 aromatic heterocycles. The van der Waals surface area contributed by atoms with E-state index in [4.69, 9.17) is 0 Å². The van der Waals surface area contributed by atoms with Crippen molar-refractivity contribution < 1.29 is 60.0 Å². The van der Waals surface area contributed by atoms with Gasteiger partial charge in [0.25, 0.3) is 17.3 Å². The molecule has 1 aromatic carbocycles. The van der Waals surface area contributed by atoms with Crippen molar-refractivity contribution in [2.45, 2.75) is 6.92 Å². The number of nitro benzene ring substituents is 2. The standard InChI is InChI=1S/C12H7N3O8.Na.H/c1-5(16)9-10(17)12(19)13(11(9)18)7-3-2-6(14(20)21)4-8(7)15(22)23;;/h2-4,9H,1H3;;/q;+1;-1. The van der Waals surface area contributed by atoms with E-state index in [9.17, 15) is 39.4 Å². The number of amides is 2. The van der Waals surface area contributed by atoms with Crippen LogP contribution in [0.5, 0.6) is 0 Å². The van der Waals surface area contributed by atoms with E-state index in [1.54, 1.807) is 0 Å². The molecular formula is C12H8N3NaO8. The minimum absolute atomic E-state index is 0. The third-order valence-corrected chi connectivity index (χ3v) is 3.16. The van der Waals surface area contributed by atoms with Crippen LogP contribution in [0.25, 0.3) is 0 Å². The molecule has 1 aliphatic heterocycles. The summed E-state index contributed by atoms with van der Waals surface area (Å²) in [5.41, 5.74) is -2.14. The Bertz CT molecular complexity index is 812. The van der Waals surface area contributed by atoms with Crippen LogP contribution in [0, 0.1) is 26.1 Å². The van der Waals surface area contributed by atoms with Crippen LogP contribution in [0.1, 0.15) is 8.35 Å². The van der Waals surface area contributed by atoms with Crippen LogP contribution in [0.4, 0.5) is 17.1 Å². The number of non-ortho nitro benzene ring substituents is 1. The average Bonchev–Trinajstić information content (AvgIpc) is 2.68. The maximum atomic E-state index is 12.1. The molecule has 1 aromatic rings. The monoisotopic (exact) mass is 345 g/mol. The van der Waals surface area contributed by atoms with E-state index in [-0.39, 0.29) is 35.9 Å². The summed E-state index contributed by atoms with van der Waals surface area (Å²) in [7, 11) is 0. The number of carbonyl (C=O) groups is 4. The molecule has 1 fully saturated rings. The smallest absolute Gasteiger partial charge is 1.00 e. The summed E-state index contributed by atoms with van der Waals surface area (Å²) >= 11 is 0. The van der Waals surface area contributed by atoms with Crippen LogP contribution in [-0.4, -0.2) is 33.2 Å². The molecule has 11 nitrogen and oxygen atoms in total. The molecule has 1 atom stereocenters. The first-order chi connectivity index (χ1) is 10.7. The SMILES string of the molecule is CC(=O)C1C(=O)C(=O)N(c2ccc([N+](=O)[O-])cc2[N+](=O)[O-])C1=O.[H-].[Na+]. The van der Waals surface area contributed by atoms with E-state index in [0.29, 0.717) is 6.07 Å². The summed E-state index contributed by atoms with van der Waals surface area (Å²) in [6.07, 6.45) is 0.